The molecule has 2 heteroatoms. The molecule has 0 saturated heterocycles. The zero-order valence-corrected chi connectivity index (χ0v) is 18.5. The Kier molecular flexibility index (Phi) is 3.78. The van der Waals surface area contributed by atoms with Crippen molar-refractivity contribution in [3.63, 3.8) is 0 Å². The molecule has 4 aromatic carbocycles. The van der Waals surface area contributed by atoms with Crippen LogP contribution in [0.15, 0.2) is 109 Å². The number of aromatic amines is 1. The Labute approximate surface area is 192 Å². The molecule has 0 bridgehead atoms. The molecule has 1 atom stereocenters. The molecule has 7 rings (SSSR count). The first-order chi connectivity index (χ1) is 16.2. The van der Waals surface area contributed by atoms with Crippen molar-refractivity contribution in [1.29, 1.82) is 0 Å². The first-order valence-corrected chi connectivity index (χ1v) is 11.6. The molecule has 6 aromatic rings. The highest BCUT2D eigenvalue weighted by Crippen LogP contribution is 2.39. The fraction of sp³-hybridized carbons (Fsp3) is 0.0968. The van der Waals surface area contributed by atoms with E-state index in [1.165, 1.54) is 54.7 Å². The third-order valence-electron chi connectivity index (χ3n) is 7.26. The standard InChI is InChI=1S/C31H24N2/c1-31(17-7-2-8-18-31)33-29-12-6-4-10-25(29)26-19-21(14-16-30(26)33)22-13-15-24-23-9-3-5-11-27(23)32-28(24)20-22/h2-17,19-20,32H,18H2,1H3. The van der Waals surface area contributed by atoms with Crippen LogP contribution in [0.1, 0.15) is 13.3 Å². The van der Waals surface area contributed by atoms with E-state index in [1.807, 2.05) is 0 Å². The Balaban J connectivity index is 1.45. The van der Waals surface area contributed by atoms with Gasteiger partial charge in [0, 0.05) is 43.6 Å². The minimum Gasteiger partial charge on any atom is -0.354 e. The summed E-state index contributed by atoms with van der Waals surface area (Å²) in [4.78, 5) is 3.59. The van der Waals surface area contributed by atoms with Gasteiger partial charge in [0.05, 0.1) is 5.54 Å². The molecule has 2 aromatic heterocycles. The highest BCUT2D eigenvalue weighted by molar-refractivity contribution is 6.11. The summed E-state index contributed by atoms with van der Waals surface area (Å²) in [5.41, 5.74) is 7.36. The molecule has 2 nitrogen and oxygen atoms in total. The van der Waals surface area contributed by atoms with Gasteiger partial charge in [0.25, 0.3) is 0 Å². The summed E-state index contributed by atoms with van der Waals surface area (Å²) >= 11 is 0. The Morgan fingerprint density at radius 2 is 1.39 bits per heavy atom. The predicted octanol–water partition coefficient (Wildman–Crippen LogP) is 8.33. The molecule has 0 fully saturated rings. The van der Waals surface area contributed by atoms with Gasteiger partial charge in [-0.25, -0.2) is 0 Å². The van der Waals surface area contributed by atoms with E-state index in [9.17, 15) is 0 Å². The van der Waals surface area contributed by atoms with E-state index in [0.29, 0.717) is 0 Å². The molecular formula is C31H24N2. The molecule has 0 radical (unpaired) electrons. The number of fused-ring (bicyclic) bond motifs is 6. The molecule has 0 saturated carbocycles. The summed E-state index contributed by atoms with van der Waals surface area (Å²) in [5.74, 6) is 0. The third-order valence-corrected chi connectivity index (χ3v) is 7.26. The molecule has 1 unspecified atom stereocenters. The third kappa shape index (κ3) is 2.67. The van der Waals surface area contributed by atoms with Crippen molar-refractivity contribution in [2.24, 2.45) is 0 Å². The number of hydrogen-bond donors (Lipinski definition) is 1. The van der Waals surface area contributed by atoms with Crippen molar-refractivity contribution in [3.05, 3.63) is 109 Å². The maximum absolute atomic E-state index is 3.59. The van der Waals surface area contributed by atoms with E-state index in [0.717, 1.165) is 6.42 Å². The van der Waals surface area contributed by atoms with Gasteiger partial charge in [0.15, 0.2) is 0 Å². The van der Waals surface area contributed by atoms with E-state index >= 15 is 0 Å². The second kappa shape index (κ2) is 6.73. The summed E-state index contributed by atoms with van der Waals surface area (Å²) in [6.45, 7) is 2.33. The van der Waals surface area contributed by atoms with Gasteiger partial charge >= 0.3 is 0 Å². The van der Waals surface area contributed by atoms with Crippen LogP contribution in [0.4, 0.5) is 0 Å². The lowest BCUT2D eigenvalue weighted by Crippen LogP contribution is -2.27. The van der Waals surface area contributed by atoms with Crippen molar-refractivity contribution in [2.75, 3.05) is 0 Å². The number of hydrogen-bond acceptors (Lipinski definition) is 0. The van der Waals surface area contributed by atoms with Crippen LogP contribution in [-0.4, -0.2) is 9.55 Å². The van der Waals surface area contributed by atoms with Gasteiger partial charge in [-0.3, -0.25) is 0 Å². The van der Waals surface area contributed by atoms with Crippen molar-refractivity contribution in [2.45, 2.75) is 18.9 Å². The molecule has 1 aliphatic rings. The van der Waals surface area contributed by atoms with Crippen LogP contribution >= 0.6 is 0 Å². The van der Waals surface area contributed by atoms with Crippen LogP contribution in [0.25, 0.3) is 54.7 Å². The Bertz CT molecular complexity index is 1760. The fourth-order valence-electron chi connectivity index (χ4n) is 5.62. The normalized spacial score (nSPS) is 18.2. The SMILES string of the molecule is CC1(n2c3ccccc3c3cc(-c4ccc5c(c4)[nH]c4ccccc45)ccc32)C=CC=CC1. The number of benzene rings is 4. The number of allylic oxidation sites excluding steroid dienone is 4. The molecule has 0 spiro atoms. The molecule has 1 aliphatic carbocycles. The molecule has 33 heavy (non-hydrogen) atoms. The molecular weight excluding hydrogens is 400 g/mol. The van der Waals surface area contributed by atoms with Crippen LogP contribution in [-0.2, 0) is 5.54 Å². The Hall–Kier alpha value is -4.04. The van der Waals surface area contributed by atoms with Gasteiger partial charge in [0.2, 0.25) is 0 Å². The summed E-state index contributed by atoms with van der Waals surface area (Å²) in [5, 5.41) is 5.17. The Morgan fingerprint density at radius 3 is 2.27 bits per heavy atom. The van der Waals surface area contributed by atoms with E-state index < -0.39 is 0 Å². The number of nitrogens with one attached hydrogen (secondary N) is 1. The predicted molar refractivity (Wildman–Crippen MR) is 141 cm³/mol. The van der Waals surface area contributed by atoms with Crippen molar-refractivity contribution in [3.8, 4) is 11.1 Å². The largest absolute Gasteiger partial charge is 0.354 e. The summed E-state index contributed by atoms with van der Waals surface area (Å²) < 4.78 is 2.52. The highest BCUT2D eigenvalue weighted by Gasteiger charge is 2.27. The van der Waals surface area contributed by atoms with Crippen molar-refractivity contribution in [1.82, 2.24) is 9.55 Å². The number of para-hydroxylation sites is 2. The van der Waals surface area contributed by atoms with Crippen molar-refractivity contribution >= 4 is 43.6 Å². The maximum atomic E-state index is 3.59. The zero-order valence-electron chi connectivity index (χ0n) is 18.5. The maximum Gasteiger partial charge on any atom is 0.0643 e. The molecule has 158 valence electrons. The van der Waals surface area contributed by atoms with Gasteiger partial charge in [-0.15, -0.1) is 0 Å². The topological polar surface area (TPSA) is 20.7 Å². The van der Waals surface area contributed by atoms with Crippen LogP contribution in [0.5, 0.6) is 0 Å². The second-order valence-electron chi connectivity index (χ2n) is 9.36. The van der Waals surface area contributed by atoms with Crippen molar-refractivity contribution < 1.29 is 0 Å². The first kappa shape index (κ1) is 18.5. The molecule has 2 heterocycles. The summed E-state index contributed by atoms with van der Waals surface area (Å²) in [6.07, 6.45) is 9.92. The van der Waals surface area contributed by atoms with Crippen LogP contribution in [0.3, 0.4) is 0 Å². The quantitative estimate of drug-likeness (QED) is 0.288. The molecule has 1 N–H and O–H groups in total. The number of nitrogens with zero attached hydrogens (tertiary/aromatic N) is 1. The van der Waals surface area contributed by atoms with Crippen LogP contribution < -0.4 is 0 Å². The summed E-state index contributed by atoms with van der Waals surface area (Å²) in [6, 6.07) is 31.0. The van der Waals surface area contributed by atoms with E-state index in [1.54, 1.807) is 0 Å². The lowest BCUT2D eigenvalue weighted by molar-refractivity contribution is 0.437. The van der Waals surface area contributed by atoms with E-state index in [-0.39, 0.29) is 5.54 Å². The fourth-order valence-corrected chi connectivity index (χ4v) is 5.62. The van der Waals surface area contributed by atoms with E-state index in [2.05, 4.69) is 126 Å². The zero-order chi connectivity index (χ0) is 22.0. The van der Waals surface area contributed by atoms with Gasteiger partial charge in [-0.1, -0.05) is 78.9 Å². The number of aromatic nitrogens is 2. The van der Waals surface area contributed by atoms with Gasteiger partial charge in [-0.2, -0.15) is 0 Å². The van der Waals surface area contributed by atoms with Gasteiger partial charge in [0.1, 0.15) is 0 Å². The number of H-pyrrole nitrogens is 1. The van der Waals surface area contributed by atoms with Crippen LogP contribution in [0.2, 0.25) is 0 Å². The van der Waals surface area contributed by atoms with E-state index in [4.69, 9.17) is 0 Å². The number of rotatable bonds is 2. The minimum atomic E-state index is -0.0686. The van der Waals surface area contributed by atoms with Gasteiger partial charge < -0.3 is 9.55 Å². The molecule has 0 aliphatic heterocycles. The average Bonchev–Trinajstić information content (AvgIpc) is 3.39. The van der Waals surface area contributed by atoms with Crippen LogP contribution in [0, 0.1) is 0 Å². The summed E-state index contributed by atoms with van der Waals surface area (Å²) in [7, 11) is 0. The lowest BCUT2D eigenvalue weighted by atomic mass is 9.92. The minimum absolute atomic E-state index is 0.0686. The Morgan fingerprint density at radius 1 is 0.667 bits per heavy atom. The monoisotopic (exact) mass is 424 g/mol. The highest BCUT2D eigenvalue weighted by atomic mass is 15.1. The second-order valence-corrected chi connectivity index (χ2v) is 9.36. The smallest absolute Gasteiger partial charge is 0.0643 e. The lowest BCUT2D eigenvalue weighted by Gasteiger charge is -2.31. The first-order valence-electron chi connectivity index (χ1n) is 11.6. The average molecular weight is 425 g/mol. The van der Waals surface area contributed by atoms with Gasteiger partial charge in [-0.05, 0) is 54.8 Å². The molecule has 0 amide bonds.